The van der Waals surface area contributed by atoms with Gasteiger partial charge in [0.2, 0.25) is 0 Å². The fraction of sp³-hybridized carbons (Fsp3) is 1.00. The van der Waals surface area contributed by atoms with Crippen molar-refractivity contribution in [1.29, 1.82) is 0 Å². The van der Waals surface area contributed by atoms with Crippen LogP contribution in [-0.2, 0) is 0 Å². The zero-order chi connectivity index (χ0) is 6.85. The van der Waals surface area contributed by atoms with Crippen molar-refractivity contribution in [3.05, 3.63) is 0 Å². The number of hydrogen-bond donors (Lipinski definition) is 2. The van der Waals surface area contributed by atoms with Crippen LogP contribution in [0.2, 0.25) is 0 Å². The van der Waals surface area contributed by atoms with Gasteiger partial charge in [0.15, 0.2) is 0 Å². The molecule has 0 aromatic carbocycles. The van der Waals surface area contributed by atoms with Gasteiger partial charge in [-0.3, -0.25) is 0 Å². The van der Waals surface area contributed by atoms with Gasteiger partial charge < -0.3 is 11.1 Å². The lowest BCUT2D eigenvalue weighted by Crippen LogP contribution is -2.31. The summed E-state index contributed by atoms with van der Waals surface area (Å²) in [7, 11) is 0. The molecule has 1 saturated heterocycles. The number of hydrogen-bond acceptors (Lipinski definition) is 2. The lowest BCUT2D eigenvalue weighted by atomic mass is 9.92. The van der Waals surface area contributed by atoms with Crippen LogP contribution >= 0.6 is 0 Å². The highest BCUT2D eigenvalue weighted by molar-refractivity contribution is 4.85. The van der Waals surface area contributed by atoms with Crippen molar-refractivity contribution in [3.8, 4) is 0 Å². The molecule has 1 fully saturated rings. The second-order valence-corrected chi connectivity index (χ2v) is 3.23. The second-order valence-electron chi connectivity index (χ2n) is 3.23. The van der Waals surface area contributed by atoms with E-state index in [-0.39, 0.29) is 0 Å². The Kier molecular flexibility index (Phi) is 2.09. The molecular weight excluding hydrogens is 112 g/mol. The SMILES string of the molecule is CC(C)[C@H]1CNC[C@H]1N. The molecule has 0 amide bonds. The number of nitrogens with one attached hydrogen (secondary N) is 1. The maximum atomic E-state index is 5.82. The molecule has 0 bridgehead atoms. The molecule has 1 aliphatic heterocycles. The van der Waals surface area contributed by atoms with Gasteiger partial charge in [-0.25, -0.2) is 0 Å². The highest BCUT2D eigenvalue weighted by Gasteiger charge is 2.25. The van der Waals surface area contributed by atoms with Crippen molar-refractivity contribution >= 4 is 0 Å². The molecule has 2 nitrogen and oxygen atoms in total. The highest BCUT2D eigenvalue weighted by atomic mass is 15.0. The lowest BCUT2D eigenvalue weighted by molar-refractivity contribution is 0.381. The van der Waals surface area contributed by atoms with Gasteiger partial charge in [-0.05, 0) is 18.4 Å². The minimum atomic E-state index is 0.394. The second kappa shape index (κ2) is 2.67. The van der Waals surface area contributed by atoms with Crippen LogP contribution < -0.4 is 11.1 Å². The van der Waals surface area contributed by atoms with Crippen molar-refractivity contribution in [1.82, 2.24) is 5.32 Å². The first-order chi connectivity index (χ1) is 4.22. The van der Waals surface area contributed by atoms with E-state index in [1.54, 1.807) is 0 Å². The van der Waals surface area contributed by atoms with Crippen molar-refractivity contribution in [3.63, 3.8) is 0 Å². The molecular formula is C7H16N2. The summed E-state index contributed by atoms with van der Waals surface area (Å²) in [4.78, 5) is 0. The predicted molar refractivity (Wildman–Crippen MR) is 39.2 cm³/mol. The van der Waals surface area contributed by atoms with E-state index in [0.29, 0.717) is 12.0 Å². The standard InChI is InChI=1S/C7H16N2/c1-5(2)6-3-9-4-7(6)8/h5-7,9H,3-4,8H2,1-2H3/t6-,7-/m1/s1. The van der Waals surface area contributed by atoms with Gasteiger partial charge in [0.1, 0.15) is 0 Å². The topological polar surface area (TPSA) is 38.0 Å². The van der Waals surface area contributed by atoms with Gasteiger partial charge in [-0.15, -0.1) is 0 Å². The molecule has 0 unspecified atom stereocenters. The Hall–Kier alpha value is -0.0800. The molecule has 0 spiro atoms. The van der Waals surface area contributed by atoms with Crippen LogP contribution in [-0.4, -0.2) is 19.1 Å². The van der Waals surface area contributed by atoms with Crippen LogP contribution in [0.4, 0.5) is 0 Å². The smallest absolute Gasteiger partial charge is 0.0208 e. The molecule has 0 aliphatic carbocycles. The van der Waals surface area contributed by atoms with E-state index >= 15 is 0 Å². The maximum absolute atomic E-state index is 5.82. The van der Waals surface area contributed by atoms with E-state index < -0.39 is 0 Å². The first-order valence-corrected chi connectivity index (χ1v) is 3.68. The Labute approximate surface area is 56.8 Å². The van der Waals surface area contributed by atoms with Gasteiger partial charge in [-0.2, -0.15) is 0 Å². The summed E-state index contributed by atoms with van der Waals surface area (Å²) in [5.74, 6) is 1.43. The minimum absolute atomic E-state index is 0.394. The molecule has 1 rings (SSSR count). The third-order valence-corrected chi connectivity index (χ3v) is 2.17. The van der Waals surface area contributed by atoms with Crippen LogP contribution in [0, 0.1) is 11.8 Å². The third-order valence-electron chi connectivity index (χ3n) is 2.17. The summed E-state index contributed by atoms with van der Waals surface area (Å²) in [5.41, 5.74) is 5.82. The molecule has 1 aliphatic rings. The largest absolute Gasteiger partial charge is 0.326 e. The Morgan fingerprint density at radius 2 is 2.11 bits per heavy atom. The molecule has 0 aromatic heterocycles. The average Bonchev–Trinajstić information content (AvgIpc) is 2.13. The average molecular weight is 128 g/mol. The van der Waals surface area contributed by atoms with Gasteiger partial charge in [0, 0.05) is 12.6 Å². The Morgan fingerprint density at radius 3 is 2.33 bits per heavy atom. The maximum Gasteiger partial charge on any atom is 0.0208 e. The first-order valence-electron chi connectivity index (χ1n) is 3.68. The lowest BCUT2D eigenvalue weighted by Gasteiger charge is -2.17. The fourth-order valence-corrected chi connectivity index (χ4v) is 1.45. The van der Waals surface area contributed by atoms with Gasteiger partial charge >= 0.3 is 0 Å². The first kappa shape index (κ1) is 7.03. The van der Waals surface area contributed by atoms with Crippen molar-refractivity contribution < 1.29 is 0 Å². The zero-order valence-corrected chi connectivity index (χ0v) is 6.22. The minimum Gasteiger partial charge on any atom is -0.326 e. The molecule has 0 aromatic rings. The van der Waals surface area contributed by atoms with Crippen LogP contribution in [0.1, 0.15) is 13.8 Å². The number of rotatable bonds is 1. The molecule has 1 heterocycles. The summed E-state index contributed by atoms with van der Waals surface area (Å²) in [6.45, 7) is 6.58. The molecule has 2 heteroatoms. The summed E-state index contributed by atoms with van der Waals surface area (Å²) in [6, 6.07) is 0.394. The normalized spacial score (nSPS) is 36.0. The molecule has 9 heavy (non-hydrogen) atoms. The predicted octanol–water partition coefficient (Wildman–Crippen LogP) is 0.189. The van der Waals surface area contributed by atoms with E-state index in [1.807, 2.05) is 0 Å². The van der Waals surface area contributed by atoms with Gasteiger partial charge in [0.25, 0.3) is 0 Å². The van der Waals surface area contributed by atoms with Gasteiger partial charge in [0.05, 0.1) is 0 Å². The van der Waals surface area contributed by atoms with E-state index in [2.05, 4.69) is 19.2 Å². The van der Waals surface area contributed by atoms with Gasteiger partial charge in [-0.1, -0.05) is 13.8 Å². The van der Waals surface area contributed by atoms with E-state index in [0.717, 1.165) is 19.0 Å². The monoisotopic (exact) mass is 128 g/mol. The van der Waals surface area contributed by atoms with Crippen molar-refractivity contribution in [2.75, 3.05) is 13.1 Å². The van der Waals surface area contributed by atoms with Crippen LogP contribution in [0.3, 0.4) is 0 Å². The fourth-order valence-electron chi connectivity index (χ4n) is 1.45. The van der Waals surface area contributed by atoms with Crippen molar-refractivity contribution in [2.45, 2.75) is 19.9 Å². The quantitative estimate of drug-likeness (QED) is 0.529. The molecule has 54 valence electrons. The molecule has 3 N–H and O–H groups in total. The van der Waals surface area contributed by atoms with Crippen LogP contribution in [0.25, 0.3) is 0 Å². The van der Waals surface area contributed by atoms with Crippen LogP contribution in [0.15, 0.2) is 0 Å². The summed E-state index contributed by atoms with van der Waals surface area (Å²) >= 11 is 0. The summed E-state index contributed by atoms with van der Waals surface area (Å²) in [5, 5.41) is 3.28. The van der Waals surface area contributed by atoms with E-state index in [4.69, 9.17) is 5.73 Å². The molecule has 0 saturated carbocycles. The summed E-state index contributed by atoms with van der Waals surface area (Å²) < 4.78 is 0. The highest BCUT2D eigenvalue weighted by Crippen LogP contribution is 2.16. The van der Waals surface area contributed by atoms with Crippen molar-refractivity contribution in [2.24, 2.45) is 17.6 Å². The van der Waals surface area contributed by atoms with Crippen LogP contribution in [0.5, 0.6) is 0 Å². The zero-order valence-electron chi connectivity index (χ0n) is 6.22. The van der Waals surface area contributed by atoms with E-state index in [9.17, 15) is 0 Å². The third kappa shape index (κ3) is 1.43. The Bertz CT molecular complexity index is 90.9. The number of nitrogens with two attached hydrogens (primary N) is 1. The molecule has 2 atom stereocenters. The summed E-state index contributed by atoms with van der Waals surface area (Å²) in [6.07, 6.45) is 0. The molecule has 0 radical (unpaired) electrons. The Balaban J connectivity index is 2.40. The Morgan fingerprint density at radius 1 is 1.44 bits per heavy atom. The van der Waals surface area contributed by atoms with E-state index in [1.165, 1.54) is 0 Å².